The van der Waals surface area contributed by atoms with Gasteiger partial charge in [-0.3, -0.25) is 4.79 Å². The molecule has 3 N–H and O–H groups in total. The number of benzene rings is 1. The van der Waals surface area contributed by atoms with Gasteiger partial charge < -0.3 is 11.1 Å². The summed E-state index contributed by atoms with van der Waals surface area (Å²) in [5, 5.41) is 6.28. The first-order valence-electron chi connectivity index (χ1n) is 6.69. The van der Waals surface area contributed by atoms with Gasteiger partial charge in [0.05, 0.1) is 27.8 Å². The monoisotopic (exact) mass is 323 g/mol. The van der Waals surface area contributed by atoms with E-state index in [2.05, 4.69) is 10.3 Å². The summed E-state index contributed by atoms with van der Waals surface area (Å²) in [4.78, 5) is 16.5. The van der Waals surface area contributed by atoms with Gasteiger partial charge >= 0.3 is 0 Å². The van der Waals surface area contributed by atoms with Crippen LogP contribution in [0.4, 0.5) is 5.69 Å². The van der Waals surface area contributed by atoms with Crippen molar-refractivity contribution in [2.45, 2.75) is 26.7 Å². The Labute approximate surface area is 133 Å². The molecular formula is C15H18ClN3OS. The minimum absolute atomic E-state index is 0.117. The minimum Gasteiger partial charge on any atom is -0.330 e. The van der Waals surface area contributed by atoms with Gasteiger partial charge in [-0.1, -0.05) is 17.7 Å². The van der Waals surface area contributed by atoms with Crippen LogP contribution in [0.1, 0.15) is 21.8 Å². The summed E-state index contributed by atoms with van der Waals surface area (Å²) in [7, 11) is 0. The number of rotatable bonds is 5. The van der Waals surface area contributed by atoms with Gasteiger partial charge in [-0.2, -0.15) is 0 Å². The molecule has 0 radical (unpaired) electrons. The molecule has 2 aromatic rings. The molecule has 0 spiro atoms. The Morgan fingerprint density at radius 3 is 2.86 bits per heavy atom. The highest BCUT2D eigenvalue weighted by molar-refractivity contribution is 7.09. The molecule has 112 valence electrons. The summed E-state index contributed by atoms with van der Waals surface area (Å²) < 4.78 is 0. The van der Waals surface area contributed by atoms with E-state index in [1.54, 1.807) is 0 Å². The van der Waals surface area contributed by atoms with Crippen LogP contribution < -0.4 is 11.1 Å². The number of aromatic nitrogens is 1. The van der Waals surface area contributed by atoms with Crippen LogP contribution in [0.15, 0.2) is 17.5 Å². The zero-order valence-electron chi connectivity index (χ0n) is 12.1. The fourth-order valence-electron chi connectivity index (χ4n) is 2.09. The van der Waals surface area contributed by atoms with Gasteiger partial charge in [0.15, 0.2) is 0 Å². The highest BCUT2D eigenvalue weighted by Gasteiger charge is 2.12. The first-order valence-corrected chi connectivity index (χ1v) is 7.95. The molecule has 0 saturated carbocycles. The Bertz CT molecular complexity index is 631. The third kappa shape index (κ3) is 4.27. The van der Waals surface area contributed by atoms with E-state index in [9.17, 15) is 4.79 Å². The summed E-state index contributed by atoms with van der Waals surface area (Å²) in [5.74, 6) is -0.117. The van der Waals surface area contributed by atoms with Crippen LogP contribution in [0, 0.1) is 13.8 Å². The lowest BCUT2D eigenvalue weighted by Crippen LogP contribution is -2.16. The Morgan fingerprint density at radius 1 is 1.43 bits per heavy atom. The largest absolute Gasteiger partial charge is 0.330 e. The van der Waals surface area contributed by atoms with Gasteiger partial charge in [-0.25, -0.2) is 4.98 Å². The van der Waals surface area contributed by atoms with Crippen LogP contribution in [-0.2, 0) is 17.6 Å². The number of nitrogens with zero attached hydrogens (tertiary/aromatic N) is 1. The molecular weight excluding hydrogens is 306 g/mol. The van der Waals surface area contributed by atoms with Crippen LogP contribution in [0.2, 0.25) is 5.02 Å². The van der Waals surface area contributed by atoms with Crippen molar-refractivity contribution in [3.8, 4) is 0 Å². The van der Waals surface area contributed by atoms with Crippen molar-refractivity contribution in [1.29, 1.82) is 0 Å². The Balaban J connectivity index is 2.04. The molecule has 0 atom stereocenters. The maximum Gasteiger partial charge on any atom is 0.230 e. The number of nitrogens with one attached hydrogen (secondary N) is 1. The van der Waals surface area contributed by atoms with E-state index in [4.69, 9.17) is 17.3 Å². The smallest absolute Gasteiger partial charge is 0.230 e. The lowest BCUT2D eigenvalue weighted by Gasteiger charge is -2.11. The average Bonchev–Trinajstić information content (AvgIpc) is 2.81. The van der Waals surface area contributed by atoms with E-state index in [-0.39, 0.29) is 12.3 Å². The van der Waals surface area contributed by atoms with Gasteiger partial charge in [0, 0.05) is 11.8 Å². The molecule has 4 nitrogen and oxygen atoms in total. The molecule has 0 aliphatic heterocycles. The molecule has 0 aliphatic carbocycles. The topological polar surface area (TPSA) is 68.0 Å². The third-order valence-electron chi connectivity index (χ3n) is 3.00. The van der Waals surface area contributed by atoms with Crippen LogP contribution in [0.25, 0.3) is 0 Å². The zero-order valence-corrected chi connectivity index (χ0v) is 13.6. The van der Waals surface area contributed by atoms with Crippen LogP contribution in [0.5, 0.6) is 0 Å². The van der Waals surface area contributed by atoms with Gasteiger partial charge in [0.1, 0.15) is 0 Å². The van der Waals surface area contributed by atoms with E-state index in [1.807, 2.05) is 31.4 Å². The molecule has 21 heavy (non-hydrogen) atoms. The molecule has 6 heteroatoms. The van der Waals surface area contributed by atoms with Crippen molar-refractivity contribution in [3.63, 3.8) is 0 Å². The molecule has 1 heterocycles. The van der Waals surface area contributed by atoms with Gasteiger partial charge in [0.25, 0.3) is 0 Å². The summed E-state index contributed by atoms with van der Waals surface area (Å²) in [5.41, 5.74) is 8.95. The van der Waals surface area contributed by atoms with Crippen molar-refractivity contribution in [1.82, 2.24) is 4.98 Å². The SMILES string of the molecule is Cc1cc(C)c(NC(=O)Cc2csc(CCN)n2)c(Cl)c1. The first-order chi connectivity index (χ1) is 9.99. The number of anilines is 1. The van der Waals surface area contributed by atoms with E-state index in [0.29, 0.717) is 17.3 Å². The molecule has 0 unspecified atom stereocenters. The molecule has 1 amide bonds. The van der Waals surface area contributed by atoms with Crippen LogP contribution in [-0.4, -0.2) is 17.4 Å². The Kier molecular flexibility index (Phi) is 5.33. The lowest BCUT2D eigenvalue weighted by atomic mass is 10.1. The number of halogens is 1. The first kappa shape index (κ1) is 15.9. The van der Waals surface area contributed by atoms with Gasteiger partial charge in [-0.15, -0.1) is 11.3 Å². The molecule has 0 aliphatic rings. The molecule has 0 bridgehead atoms. The highest BCUT2D eigenvalue weighted by atomic mass is 35.5. The number of amides is 1. The normalized spacial score (nSPS) is 10.7. The highest BCUT2D eigenvalue weighted by Crippen LogP contribution is 2.27. The number of thiazole rings is 1. The number of hydrogen-bond donors (Lipinski definition) is 2. The number of carbonyl (C=O) groups excluding carboxylic acids is 1. The average molecular weight is 324 g/mol. The number of hydrogen-bond acceptors (Lipinski definition) is 4. The third-order valence-corrected chi connectivity index (χ3v) is 4.25. The van der Waals surface area contributed by atoms with Crippen molar-refractivity contribution < 1.29 is 4.79 Å². The van der Waals surface area contributed by atoms with Crippen molar-refractivity contribution in [2.24, 2.45) is 5.73 Å². The number of aryl methyl sites for hydroxylation is 2. The quantitative estimate of drug-likeness (QED) is 0.888. The fraction of sp³-hybridized carbons (Fsp3) is 0.333. The molecule has 1 aromatic carbocycles. The second-order valence-electron chi connectivity index (χ2n) is 4.93. The zero-order chi connectivity index (χ0) is 15.4. The second-order valence-corrected chi connectivity index (χ2v) is 6.28. The molecule has 0 fully saturated rings. The minimum atomic E-state index is -0.117. The van der Waals surface area contributed by atoms with Crippen molar-refractivity contribution >= 4 is 34.5 Å². The molecule has 0 saturated heterocycles. The summed E-state index contributed by atoms with van der Waals surface area (Å²) in [6, 6.07) is 3.83. The van der Waals surface area contributed by atoms with Crippen molar-refractivity contribution in [2.75, 3.05) is 11.9 Å². The lowest BCUT2D eigenvalue weighted by molar-refractivity contribution is -0.115. The van der Waals surface area contributed by atoms with E-state index in [1.165, 1.54) is 11.3 Å². The van der Waals surface area contributed by atoms with E-state index >= 15 is 0 Å². The Morgan fingerprint density at radius 2 is 2.19 bits per heavy atom. The maximum atomic E-state index is 12.1. The molecule has 1 aromatic heterocycles. The van der Waals surface area contributed by atoms with E-state index < -0.39 is 0 Å². The van der Waals surface area contributed by atoms with E-state index in [0.717, 1.165) is 28.2 Å². The van der Waals surface area contributed by atoms with Crippen LogP contribution in [0.3, 0.4) is 0 Å². The predicted molar refractivity (Wildman–Crippen MR) is 88.1 cm³/mol. The number of nitrogens with two attached hydrogens (primary N) is 1. The van der Waals surface area contributed by atoms with Crippen molar-refractivity contribution in [3.05, 3.63) is 44.4 Å². The molecule has 2 rings (SSSR count). The van der Waals surface area contributed by atoms with Gasteiger partial charge in [-0.05, 0) is 37.6 Å². The summed E-state index contributed by atoms with van der Waals surface area (Å²) >= 11 is 7.72. The fourth-order valence-corrected chi connectivity index (χ4v) is 3.27. The predicted octanol–water partition coefficient (Wildman–Crippen LogP) is 3.10. The number of carbonyl (C=O) groups is 1. The Hall–Kier alpha value is -1.43. The second kappa shape index (κ2) is 7.02. The standard InChI is InChI=1S/C15H18ClN3OS/c1-9-5-10(2)15(12(16)6-9)19-13(20)7-11-8-21-14(18-11)3-4-17/h5-6,8H,3-4,7,17H2,1-2H3,(H,19,20). The van der Waals surface area contributed by atoms with Gasteiger partial charge in [0.2, 0.25) is 5.91 Å². The summed E-state index contributed by atoms with van der Waals surface area (Å²) in [6.07, 6.45) is 0.986. The van der Waals surface area contributed by atoms with Crippen LogP contribution >= 0.6 is 22.9 Å². The maximum absolute atomic E-state index is 12.1. The summed E-state index contributed by atoms with van der Waals surface area (Å²) in [6.45, 7) is 4.47.